The molecule has 2 aliphatic heterocycles. The van der Waals surface area contributed by atoms with Crippen molar-refractivity contribution in [3.8, 4) is 0 Å². The zero-order valence-electron chi connectivity index (χ0n) is 15.4. The quantitative estimate of drug-likeness (QED) is 0.781. The predicted octanol–water partition coefficient (Wildman–Crippen LogP) is 3.28. The molecule has 6 heteroatoms. The molecule has 142 valence electrons. The minimum absolute atomic E-state index is 0.00106. The highest BCUT2D eigenvalue weighted by Crippen LogP contribution is 2.42. The number of ether oxygens (including phenoxy) is 1. The summed E-state index contributed by atoms with van der Waals surface area (Å²) in [6.07, 6.45) is 2.26. The average Bonchev–Trinajstić information content (AvgIpc) is 2.68. The summed E-state index contributed by atoms with van der Waals surface area (Å²) in [6.45, 7) is 4.23. The molecule has 3 aliphatic rings. The molecule has 27 heavy (non-hydrogen) atoms. The maximum Gasteiger partial charge on any atom is 0.252 e. The van der Waals surface area contributed by atoms with Crippen LogP contribution in [0.2, 0.25) is 0 Å². The molecule has 1 aromatic carbocycles. The monoisotopic (exact) mass is 430 g/mol. The first-order chi connectivity index (χ1) is 13.1. The third kappa shape index (κ3) is 3.48. The van der Waals surface area contributed by atoms with Crippen LogP contribution in [0.5, 0.6) is 0 Å². The van der Waals surface area contributed by atoms with Crippen molar-refractivity contribution in [3.63, 3.8) is 0 Å². The second-order valence-electron chi connectivity index (χ2n) is 7.22. The summed E-state index contributed by atoms with van der Waals surface area (Å²) < 4.78 is 6.38. The van der Waals surface area contributed by atoms with E-state index in [9.17, 15) is 9.59 Å². The molecule has 5 nitrogen and oxygen atoms in total. The second-order valence-corrected chi connectivity index (χ2v) is 8.14. The van der Waals surface area contributed by atoms with Crippen molar-refractivity contribution in [1.29, 1.82) is 0 Å². The maximum absolute atomic E-state index is 13.4. The van der Waals surface area contributed by atoms with Crippen LogP contribution in [0.3, 0.4) is 0 Å². The fourth-order valence-corrected chi connectivity index (χ4v) is 4.46. The Kier molecular flexibility index (Phi) is 5.19. The van der Waals surface area contributed by atoms with Crippen molar-refractivity contribution in [1.82, 2.24) is 10.2 Å². The van der Waals surface area contributed by atoms with Crippen molar-refractivity contribution < 1.29 is 14.3 Å². The number of Topliss-reactive ketones (excluding diaryl/α,β-unsaturated/α-hetero) is 1. The Labute approximate surface area is 167 Å². The van der Waals surface area contributed by atoms with E-state index in [-0.39, 0.29) is 17.6 Å². The number of dihydropyridines is 1. The summed E-state index contributed by atoms with van der Waals surface area (Å²) in [5.74, 6) is -0.157. The summed E-state index contributed by atoms with van der Waals surface area (Å²) in [4.78, 5) is 28.1. The summed E-state index contributed by atoms with van der Waals surface area (Å²) >= 11 is 3.48. The van der Waals surface area contributed by atoms with Crippen molar-refractivity contribution >= 4 is 27.6 Å². The molecule has 1 unspecified atom stereocenters. The van der Waals surface area contributed by atoms with Crippen LogP contribution in [0, 0.1) is 0 Å². The highest BCUT2D eigenvalue weighted by Gasteiger charge is 2.39. The van der Waals surface area contributed by atoms with Crippen molar-refractivity contribution in [2.45, 2.75) is 32.1 Å². The van der Waals surface area contributed by atoms with Gasteiger partial charge in [-0.1, -0.05) is 28.1 Å². The Hall–Kier alpha value is -1.92. The van der Waals surface area contributed by atoms with E-state index in [0.717, 1.165) is 39.8 Å². The predicted molar refractivity (Wildman–Crippen MR) is 106 cm³/mol. The second kappa shape index (κ2) is 7.60. The van der Waals surface area contributed by atoms with Gasteiger partial charge < -0.3 is 15.0 Å². The Bertz CT molecular complexity index is 835. The Morgan fingerprint density at radius 2 is 1.89 bits per heavy atom. The van der Waals surface area contributed by atoms with Gasteiger partial charge in [0.05, 0.1) is 13.2 Å². The number of rotatable bonds is 2. The molecule has 1 N–H and O–H groups in total. The third-order valence-electron chi connectivity index (χ3n) is 5.51. The minimum atomic E-state index is -0.308. The zero-order chi connectivity index (χ0) is 19.0. The number of ketones is 1. The molecular formula is C21H23BrN2O3. The molecule has 0 radical (unpaired) electrons. The van der Waals surface area contributed by atoms with Gasteiger partial charge in [-0.3, -0.25) is 9.59 Å². The minimum Gasteiger partial charge on any atom is -0.378 e. The smallest absolute Gasteiger partial charge is 0.252 e. The molecule has 4 rings (SSSR count). The zero-order valence-corrected chi connectivity index (χ0v) is 17.0. The summed E-state index contributed by atoms with van der Waals surface area (Å²) in [7, 11) is 0. The lowest BCUT2D eigenvalue weighted by molar-refractivity contribution is -0.131. The van der Waals surface area contributed by atoms with E-state index in [1.807, 2.05) is 36.1 Å². The fraction of sp³-hybridized carbons (Fsp3) is 0.429. The standard InChI is InChI=1S/C21H23BrN2O3/c1-13-18(21(26)24-9-11-27-12-10-24)19(14-5-7-15(22)8-6-14)20-16(23-13)3-2-4-17(20)25/h5-8,19,23H,2-4,9-12H2,1H3. The first-order valence-electron chi connectivity index (χ1n) is 9.43. The number of halogens is 1. The normalized spacial score (nSPS) is 23.3. The maximum atomic E-state index is 13.4. The molecule has 1 atom stereocenters. The molecule has 1 saturated heterocycles. The van der Waals surface area contributed by atoms with Gasteiger partial charge in [-0.25, -0.2) is 0 Å². The van der Waals surface area contributed by atoms with Gasteiger partial charge in [0.15, 0.2) is 5.78 Å². The molecule has 1 aromatic rings. The molecule has 0 spiro atoms. The molecule has 1 fully saturated rings. The van der Waals surface area contributed by atoms with Crippen molar-refractivity contribution in [2.24, 2.45) is 0 Å². The summed E-state index contributed by atoms with van der Waals surface area (Å²) in [5.41, 5.74) is 4.28. The van der Waals surface area contributed by atoms with E-state index in [0.29, 0.717) is 38.3 Å². The number of hydrogen-bond acceptors (Lipinski definition) is 4. The Balaban J connectivity index is 1.80. The van der Waals surface area contributed by atoms with Crippen LogP contribution in [0.15, 0.2) is 51.3 Å². The third-order valence-corrected chi connectivity index (χ3v) is 6.04. The molecule has 1 amide bonds. The fourth-order valence-electron chi connectivity index (χ4n) is 4.19. The molecular weight excluding hydrogens is 408 g/mol. The Morgan fingerprint density at radius 1 is 1.19 bits per heavy atom. The number of allylic oxidation sites excluding steroid dienone is 3. The average molecular weight is 431 g/mol. The SMILES string of the molecule is CC1=C(C(=O)N2CCOCC2)C(c2ccc(Br)cc2)C2=C(CCCC2=O)N1. The first-order valence-corrected chi connectivity index (χ1v) is 10.2. The van der Waals surface area contributed by atoms with E-state index < -0.39 is 0 Å². The van der Waals surface area contributed by atoms with Crippen LogP contribution in [-0.4, -0.2) is 42.9 Å². The number of nitrogens with one attached hydrogen (secondary N) is 1. The molecule has 2 heterocycles. The van der Waals surface area contributed by atoms with Gasteiger partial charge >= 0.3 is 0 Å². The van der Waals surface area contributed by atoms with Crippen molar-refractivity contribution in [2.75, 3.05) is 26.3 Å². The molecule has 0 saturated carbocycles. The van der Waals surface area contributed by atoms with Gasteiger partial charge in [-0.2, -0.15) is 0 Å². The number of benzene rings is 1. The number of nitrogens with zero attached hydrogens (tertiary/aromatic N) is 1. The lowest BCUT2D eigenvalue weighted by Crippen LogP contribution is -2.44. The number of carbonyl (C=O) groups excluding carboxylic acids is 2. The highest BCUT2D eigenvalue weighted by atomic mass is 79.9. The van der Waals surface area contributed by atoms with Gasteiger partial charge in [0.2, 0.25) is 0 Å². The summed E-state index contributed by atoms with van der Waals surface area (Å²) in [5, 5.41) is 3.38. The number of morpholine rings is 1. The van der Waals surface area contributed by atoms with E-state index >= 15 is 0 Å². The molecule has 1 aliphatic carbocycles. The lowest BCUT2D eigenvalue weighted by Gasteiger charge is -2.37. The highest BCUT2D eigenvalue weighted by molar-refractivity contribution is 9.10. The van der Waals surface area contributed by atoms with Gasteiger partial charge in [-0.05, 0) is 37.5 Å². The van der Waals surface area contributed by atoms with Crippen LogP contribution in [0.1, 0.15) is 37.7 Å². The number of amides is 1. The Morgan fingerprint density at radius 3 is 2.59 bits per heavy atom. The van der Waals surface area contributed by atoms with E-state index in [1.165, 1.54) is 0 Å². The topological polar surface area (TPSA) is 58.6 Å². The van der Waals surface area contributed by atoms with E-state index in [1.54, 1.807) is 0 Å². The number of hydrogen-bond donors (Lipinski definition) is 1. The van der Waals surface area contributed by atoms with E-state index in [4.69, 9.17) is 4.74 Å². The molecule has 0 bridgehead atoms. The van der Waals surface area contributed by atoms with Crippen LogP contribution in [0.25, 0.3) is 0 Å². The first kappa shape index (κ1) is 18.4. The largest absolute Gasteiger partial charge is 0.378 e. The van der Waals surface area contributed by atoms with Crippen LogP contribution in [0.4, 0.5) is 0 Å². The van der Waals surface area contributed by atoms with E-state index in [2.05, 4.69) is 21.2 Å². The van der Waals surface area contributed by atoms with Gasteiger partial charge in [0.25, 0.3) is 5.91 Å². The van der Waals surface area contributed by atoms with Gasteiger partial charge in [-0.15, -0.1) is 0 Å². The lowest BCUT2D eigenvalue weighted by atomic mass is 9.75. The summed E-state index contributed by atoms with van der Waals surface area (Å²) in [6, 6.07) is 7.95. The molecule has 0 aromatic heterocycles. The van der Waals surface area contributed by atoms with Gasteiger partial charge in [0.1, 0.15) is 0 Å². The van der Waals surface area contributed by atoms with Crippen LogP contribution >= 0.6 is 15.9 Å². The van der Waals surface area contributed by atoms with Crippen LogP contribution < -0.4 is 5.32 Å². The van der Waals surface area contributed by atoms with Gasteiger partial charge in [0, 0.05) is 52.4 Å². The van der Waals surface area contributed by atoms with Crippen LogP contribution in [-0.2, 0) is 14.3 Å². The van der Waals surface area contributed by atoms with Crippen molar-refractivity contribution in [3.05, 3.63) is 56.8 Å². The number of carbonyl (C=O) groups is 2.